The standard InChI is InChI=1S/C12H19N3O/c1-9(2)11(13)12(16)15-7-5-10-4-3-6-14-8-10/h3-4,6,8-9,11H,5,7,13H2,1-2H3,(H,15,16)/t11-/m1/s1. The Balaban J connectivity index is 2.28. The molecule has 0 fully saturated rings. The fraction of sp³-hybridized carbons (Fsp3) is 0.500. The molecule has 1 amide bonds. The Morgan fingerprint density at radius 2 is 2.31 bits per heavy atom. The largest absolute Gasteiger partial charge is 0.354 e. The van der Waals surface area contributed by atoms with Crippen LogP contribution in [0.5, 0.6) is 0 Å². The van der Waals surface area contributed by atoms with Gasteiger partial charge in [-0.25, -0.2) is 0 Å². The third-order valence-electron chi connectivity index (χ3n) is 2.46. The van der Waals surface area contributed by atoms with Gasteiger partial charge in [0.25, 0.3) is 0 Å². The van der Waals surface area contributed by atoms with E-state index >= 15 is 0 Å². The Morgan fingerprint density at radius 3 is 2.88 bits per heavy atom. The maximum Gasteiger partial charge on any atom is 0.237 e. The molecule has 16 heavy (non-hydrogen) atoms. The predicted octanol–water partition coefficient (Wildman–Crippen LogP) is 0.724. The molecule has 88 valence electrons. The van der Waals surface area contributed by atoms with Gasteiger partial charge in [0.2, 0.25) is 5.91 Å². The summed E-state index contributed by atoms with van der Waals surface area (Å²) in [4.78, 5) is 15.5. The molecule has 0 aromatic carbocycles. The Hall–Kier alpha value is -1.42. The molecule has 0 bridgehead atoms. The van der Waals surface area contributed by atoms with E-state index in [1.807, 2.05) is 26.0 Å². The minimum absolute atomic E-state index is 0.0844. The maximum atomic E-state index is 11.5. The number of nitrogens with zero attached hydrogens (tertiary/aromatic N) is 1. The van der Waals surface area contributed by atoms with Gasteiger partial charge in [0.1, 0.15) is 0 Å². The number of hydrogen-bond donors (Lipinski definition) is 2. The third kappa shape index (κ3) is 3.98. The lowest BCUT2D eigenvalue weighted by atomic mass is 10.1. The first-order valence-electron chi connectivity index (χ1n) is 5.53. The van der Waals surface area contributed by atoms with Crippen molar-refractivity contribution in [3.05, 3.63) is 30.1 Å². The van der Waals surface area contributed by atoms with Crippen LogP contribution in [-0.2, 0) is 11.2 Å². The molecular weight excluding hydrogens is 202 g/mol. The lowest BCUT2D eigenvalue weighted by molar-refractivity contribution is -0.123. The van der Waals surface area contributed by atoms with Gasteiger partial charge in [-0.3, -0.25) is 9.78 Å². The van der Waals surface area contributed by atoms with Gasteiger partial charge in [0, 0.05) is 18.9 Å². The van der Waals surface area contributed by atoms with Crippen molar-refractivity contribution in [3.8, 4) is 0 Å². The summed E-state index contributed by atoms with van der Waals surface area (Å²) in [5.41, 5.74) is 6.83. The summed E-state index contributed by atoms with van der Waals surface area (Å²) in [6.45, 7) is 4.47. The van der Waals surface area contributed by atoms with E-state index in [1.165, 1.54) is 0 Å². The van der Waals surface area contributed by atoms with Crippen LogP contribution in [0.1, 0.15) is 19.4 Å². The first-order chi connectivity index (χ1) is 7.61. The summed E-state index contributed by atoms with van der Waals surface area (Å²) in [5.74, 6) is 0.0808. The van der Waals surface area contributed by atoms with Gasteiger partial charge < -0.3 is 11.1 Å². The van der Waals surface area contributed by atoms with E-state index in [1.54, 1.807) is 12.4 Å². The molecule has 1 heterocycles. The minimum atomic E-state index is -0.422. The molecule has 0 spiro atoms. The summed E-state index contributed by atoms with van der Waals surface area (Å²) < 4.78 is 0. The summed E-state index contributed by atoms with van der Waals surface area (Å²) in [6.07, 6.45) is 4.32. The van der Waals surface area contributed by atoms with Crippen molar-refractivity contribution in [1.29, 1.82) is 0 Å². The second-order valence-corrected chi connectivity index (χ2v) is 4.17. The van der Waals surface area contributed by atoms with Crippen LogP contribution in [0, 0.1) is 5.92 Å². The second-order valence-electron chi connectivity index (χ2n) is 4.17. The van der Waals surface area contributed by atoms with Crippen LogP contribution in [0.3, 0.4) is 0 Å². The molecule has 1 aromatic heterocycles. The fourth-order valence-electron chi connectivity index (χ4n) is 1.30. The topological polar surface area (TPSA) is 68.0 Å². The maximum absolute atomic E-state index is 11.5. The van der Waals surface area contributed by atoms with Crippen molar-refractivity contribution in [2.75, 3.05) is 6.54 Å². The van der Waals surface area contributed by atoms with E-state index in [9.17, 15) is 4.79 Å². The monoisotopic (exact) mass is 221 g/mol. The zero-order chi connectivity index (χ0) is 12.0. The number of aromatic nitrogens is 1. The molecule has 0 aliphatic rings. The van der Waals surface area contributed by atoms with E-state index in [0.717, 1.165) is 12.0 Å². The van der Waals surface area contributed by atoms with Crippen molar-refractivity contribution >= 4 is 5.91 Å². The Bertz CT molecular complexity index is 324. The molecule has 1 atom stereocenters. The van der Waals surface area contributed by atoms with Crippen molar-refractivity contribution < 1.29 is 4.79 Å². The molecule has 0 unspecified atom stereocenters. The summed E-state index contributed by atoms with van der Waals surface area (Å²) in [7, 11) is 0. The van der Waals surface area contributed by atoms with Crippen LogP contribution in [0.25, 0.3) is 0 Å². The average Bonchev–Trinajstić information content (AvgIpc) is 2.29. The zero-order valence-corrected chi connectivity index (χ0v) is 9.81. The quantitative estimate of drug-likeness (QED) is 0.770. The highest BCUT2D eigenvalue weighted by atomic mass is 16.2. The van der Waals surface area contributed by atoms with Gasteiger partial charge in [-0.1, -0.05) is 19.9 Å². The molecule has 3 N–H and O–H groups in total. The van der Waals surface area contributed by atoms with Crippen LogP contribution in [0.2, 0.25) is 0 Å². The molecule has 4 heteroatoms. The van der Waals surface area contributed by atoms with Crippen molar-refractivity contribution in [1.82, 2.24) is 10.3 Å². The lowest BCUT2D eigenvalue weighted by Gasteiger charge is -2.15. The summed E-state index contributed by atoms with van der Waals surface area (Å²) >= 11 is 0. The van der Waals surface area contributed by atoms with E-state index in [-0.39, 0.29) is 11.8 Å². The van der Waals surface area contributed by atoms with E-state index in [4.69, 9.17) is 5.73 Å². The van der Waals surface area contributed by atoms with Crippen LogP contribution >= 0.6 is 0 Å². The molecule has 1 aromatic rings. The molecule has 4 nitrogen and oxygen atoms in total. The number of nitrogens with one attached hydrogen (secondary N) is 1. The molecule has 0 aliphatic heterocycles. The van der Waals surface area contributed by atoms with Gasteiger partial charge in [-0.2, -0.15) is 0 Å². The number of amides is 1. The Labute approximate surface area is 96.3 Å². The Morgan fingerprint density at radius 1 is 1.56 bits per heavy atom. The number of nitrogens with two attached hydrogens (primary N) is 1. The first kappa shape index (κ1) is 12.6. The number of hydrogen-bond acceptors (Lipinski definition) is 3. The van der Waals surface area contributed by atoms with E-state index in [0.29, 0.717) is 6.54 Å². The minimum Gasteiger partial charge on any atom is -0.354 e. The van der Waals surface area contributed by atoms with Crippen LogP contribution in [-0.4, -0.2) is 23.5 Å². The molecular formula is C12H19N3O. The normalized spacial score (nSPS) is 12.5. The number of pyridine rings is 1. The van der Waals surface area contributed by atoms with E-state index in [2.05, 4.69) is 10.3 Å². The molecule has 0 saturated carbocycles. The highest BCUT2D eigenvalue weighted by Crippen LogP contribution is 1.99. The lowest BCUT2D eigenvalue weighted by Crippen LogP contribution is -2.44. The van der Waals surface area contributed by atoms with Crippen LogP contribution < -0.4 is 11.1 Å². The molecule has 0 radical (unpaired) electrons. The summed E-state index contributed by atoms with van der Waals surface area (Å²) in [5, 5.41) is 2.82. The van der Waals surface area contributed by atoms with Gasteiger partial charge >= 0.3 is 0 Å². The number of rotatable bonds is 5. The zero-order valence-electron chi connectivity index (χ0n) is 9.81. The second kappa shape index (κ2) is 6.23. The highest BCUT2D eigenvalue weighted by molar-refractivity contribution is 5.81. The molecule has 0 aliphatic carbocycles. The van der Waals surface area contributed by atoms with E-state index < -0.39 is 6.04 Å². The molecule has 0 saturated heterocycles. The smallest absolute Gasteiger partial charge is 0.237 e. The Kier molecular flexibility index (Phi) is 4.92. The third-order valence-corrected chi connectivity index (χ3v) is 2.46. The van der Waals surface area contributed by atoms with Gasteiger partial charge in [0.05, 0.1) is 6.04 Å². The predicted molar refractivity (Wildman–Crippen MR) is 63.8 cm³/mol. The number of carbonyl (C=O) groups is 1. The van der Waals surface area contributed by atoms with Crippen molar-refractivity contribution in [3.63, 3.8) is 0 Å². The average molecular weight is 221 g/mol. The first-order valence-corrected chi connectivity index (χ1v) is 5.53. The summed E-state index contributed by atoms with van der Waals surface area (Å²) in [6, 6.07) is 3.45. The number of carbonyl (C=O) groups excluding carboxylic acids is 1. The van der Waals surface area contributed by atoms with Gasteiger partial charge in [-0.05, 0) is 24.0 Å². The van der Waals surface area contributed by atoms with Crippen molar-refractivity contribution in [2.45, 2.75) is 26.3 Å². The SMILES string of the molecule is CC(C)[C@@H](N)C(=O)NCCc1cccnc1. The van der Waals surface area contributed by atoms with Gasteiger partial charge in [-0.15, -0.1) is 0 Å². The molecule has 1 rings (SSSR count). The highest BCUT2D eigenvalue weighted by Gasteiger charge is 2.15. The van der Waals surface area contributed by atoms with Crippen molar-refractivity contribution in [2.24, 2.45) is 11.7 Å². The fourth-order valence-corrected chi connectivity index (χ4v) is 1.30. The van der Waals surface area contributed by atoms with Crippen LogP contribution in [0.4, 0.5) is 0 Å². The van der Waals surface area contributed by atoms with Gasteiger partial charge in [0.15, 0.2) is 0 Å². The van der Waals surface area contributed by atoms with Crippen LogP contribution in [0.15, 0.2) is 24.5 Å².